The molecule has 1 unspecified atom stereocenters. The first-order valence-corrected chi connectivity index (χ1v) is 4.90. The van der Waals surface area contributed by atoms with Crippen molar-refractivity contribution < 1.29 is 9.53 Å². The standard InChI is InChI=1S/C10H13ClN2O2/c11-7-2-1-3-8(6-7)15-5-4-9(12)10(13)14/h1-3,6,9H,4-5,12H2,(H2,13,14). The molecule has 0 fully saturated rings. The third-order valence-electron chi connectivity index (χ3n) is 1.86. The minimum Gasteiger partial charge on any atom is -0.493 e. The predicted octanol–water partition coefficient (Wildman–Crippen LogP) is 0.922. The van der Waals surface area contributed by atoms with E-state index in [1.807, 2.05) is 0 Å². The van der Waals surface area contributed by atoms with Crippen LogP contribution in [-0.4, -0.2) is 18.6 Å². The topological polar surface area (TPSA) is 78.3 Å². The third kappa shape index (κ3) is 4.18. The van der Waals surface area contributed by atoms with Crippen LogP contribution in [0.1, 0.15) is 6.42 Å². The number of nitrogens with two attached hydrogens (primary N) is 2. The zero-order valence-corrected chi connectivity index (χ0v) is 8.91. The molecule has 1 aromatic carbocycles. The first-order chi connectivity index (χ1) is 7.09. The molecule has 0 saturated heterocycles. The minimum atomic E-state index is -0.663. The number of primary amides is 1. The number of rotatable bonds is 5. The molecule has 4 nitrogen and oxygen atoms in total. The van der Waals surface area contributed by atoms with Crippen LogP contribution >= 0.6 is 11.6 Å². The summed E-state index contributed by atoms with van der Waals surface area (Å²) in [5.41, 5.74) is 10.4. The number of carbonyl (C=O) groups excluding carboxylic acids is 1. The molecule has 0 heterocycles. The summed E-state index contributed by atoms with van der Waals surface area (Å²) in [5, 5.41) is 0.603. The summed E-state index contributed by atoms with van der Waals surface area (Å²) < 4.78 is 5.34. The number of carbonyl (C=O) groups is 1. The molecule has 1 atom stereocenters. The normalized spacial score (nSPS) is 12.1. The summed E-state index contributed by atoms with van der Waals surface area (Å²) in [6.07, 6.45) is 0.391. The first kappa shape index (κ1) is 11.8. The van der Waals surface area contributed by atoms with Crippen molar-refractivity contribution >= 4 is 17.5 Å². The highest BCUT2D eigenvalue weighted by atomic mass is 35.5. The van der Waals surface area contributed by atoms with Crippen LogP contribution in [0.5, 0.6) is 5.75 Å². The van der Waals surface area contributed by atoms with Gasteiger partial charge >= 0.3 is 0 Å². The Hall–Kier alpha value is -1.26. The zero-order chi connectivity index (χ0) is 11.3. The highest BCUT2D eigenvalue weighted by molar-refractivity contribution is 6.30. The molecule has 1 aromatic rings. The van der Waals surface area contributed by atoms with E-state index in [-0.39, 0.29) is 0 Å². The SMILES string of the molecule is NC(=O)C(N)CCOc1cccc(Cl)c1. The lowest BCUT2D eigenvalue weighted by atomic mass is 10.2. The molecule has 0 aromatic heterocycles. The van der Waals surface area contributed by atoms with Crippen molar-refractivity contribution in [1.82, 2.24) is 0 Å². The number of hydrogen-bond acceptors (Lipinski definition) is 3. The van der Waals surface area contributed by atoms with E-state index in [1.165, 1.54) is 0 Å². The highest BCUT2D eigenvalue weighted by Gasteiger charge is 2.08. The van der Waals surface area contributed by atoms with Crippen molar-refractivity contribution in [2.24, 2.45) is 11.5 Å². The number of hydrogen-bond donors (Lipinski definition) is 2. The second-order valence-electron chi connectivity index (χ2n) is 3.10. The quantitative estimate of drug-likeness (QED) is 0.787. The smallest absolute Gasteiger partial charge is 0.234 e. The van der Waals surface area contributed by atoms with Crippen molar-refractivity contribution in [2.45, 2.75) is 12.5 Å². The van der Waals surface area contributed by atoms with Gasteiger partial charge in [-0.3, -0.25) is 4.79 Å². The molecule has 1 rings (SSSR count). The third-order valence-corrected chi connectivity index (χ3v) is 2.09. The maximum atomic E-state index is 10.6. The number of amides is 1. The molecule has 0 saturated carbocycles. The second-order valence-corrected chi connectivity index (χ2v) is 3.54. The predicted molar refractivity (Wildman–Crippen MR) is 58.7 cm³/mol. The summed E-state index contributed by atoms with van der Waals surface area (Å²) in [6, 6.07) is 6.35. The van der Waals surface area contributed by atoms with Gasteiger partial charge in [-0.15, -0.1) is 0 Å². The molecule has 82 valence electrons. The fourth-order valence-corrected chi connectivity index (χ4v) is 1.18. The molecule has 1 amide bonds. The summed E-state index contributed by atoms with van der Waals surface area (Å²) in [4.78, 5) is 10.6. The fraction of sp³-hybridized carbons (Fsp3) is 0.300. The van der Waals surface area contributed by atoms with Gasteiger partial charge < -0.3 is 16.2 Å². The van der Waals surface area contributed by atoms with Gasteiger partial charge in [-0.1, -0.05) is 17.7 Å². The summed E-state index contributed by atoms with van der Waals surface area (Å²) >= 11 is 5.76. The van der Waals surface area contributed by atoms with Crippen LogP contribution in [0.2, 0.25) is 5.02 Å². The van der Waals surface area contributed by atoms with Crippen LogP contribution in [0.3, 0.4) is 0 Å². The monoisotopic (exact) mass is 228 g/mol. The van der Waals surface area contributed by atoms with Gasteiger partial charge in [0.15, 0.2) is 0 Å². The Labute approximate surface area is 93.1 Å². The van der Waals surface area contributed by atoms with Crippen LogP contribution in [0.15, 0.2) is 24.3 Å². The first-order valence-electron chi connectivity index (χ1n) is 4.53. The van der Waals surface area contributed by atoms with Crippen molar-refractivity contribution in [3.05, 3.63) is 29.3 Å². The van der Waals surface area contributed by atoms with E-state index >= 15 is 0 Å². The highest BCUT2D eigenvalue weighted by Crippen LogP contribution is 2.17. The average molecular weight is 229 g/mol. The number of benzene rings is 1. The summed E-state index contributed by atoms with van der Waals surface area (Å²) in [6.45, 7) is 0.338. The lowest BCUT2D eigenvalue weighted by Gasteiger charge is -2.09. The van der Waals surface area contributed by atoms with Gasteiger partial charge in [0, 0.05) is 11.4 Å². The maximum absolute atomic E-state index is 10.6. The summed E-state index contributed by atoms with van der Waals surface area (Å²) in [7, 11) is 0. The van der Waals surface area contributed by atoms with Crippen LogP contribution in [0.4, 0.5) is 0 Å². The van der Waals surface area contributed by atoms with E-state index in [2.05, 4.69) is 0 Å². The molecule has 5 heteroatoms. The molecule has 0 aliphatic heterocycles. The van der Waals surface area contributed by atoms with Gasteiger partial charge in [0.25, 0.3) is 0 Å². The van der Waals surface area contributed by atoms with Crippen LogP contribution in [0.25, 0.3) is 0 Å². The number of halogens is 1. The van der Waals surface area contributed by atoms with Gasteiger partial charge in [-0.25, -0.2) is 0 Å². The average Bonchev–Trinajstić information content (AvgIpc) is 2.17. The lowest BCUT2D eigenvalue weighted by molar-refractivity contribution is -0.119. The molecular formula is C10H13ClN2O2. The molecule has 15 heavy (non-hydrogen) atoms. The Morgan fingerprint density at radius 3 is 2.87 bits per heavy atom. The van der Waals surface area contributed by atoms with Gasteiger partial charge in [0.2, 0.25) is 5.91 Å². The van der Waals surface area contributed by atoms with Crippen LogP contribution in [0, 0.1) is 0 Å². The molecule has 0 aliphatic carbocycles. The van der Waals surface area contributed by atoms with E-state index in [4.69, 9.17) is 27.8 Å². The molecule has 0 spiro atoms. The fourth-order valence-electron chi connectivity index (χ4n) is 1.00. The molecule has 0 bridgehead atoms. The van der Waals surface area contributed by atoms with Gasteiger partial charge in [-0.05, 0) is 18.2 Å². The van der Waals surface area contributed by atoms with Crippen molar-refractivity contribution in [1.29, 1.82) is 0 Å². The van der Waals surface area contributed by atoms with Crippen molar-refractivity contribution in [3.63, 3.8) is 0 Å². The largest absolute Gasteiger partial charge is 0.493 e. The van der Waals surface area contributed by atoms with E-state index in [0.29, 0.717) is 23.8 Å². The minimum absolute atomic E-state index is 0.338. The molecular weight excluding hydrogens is 216 g/mol. The van der Waals surface area contributed by atoms with E-state index in [1.54, 1.807) is 24.3 Å². The van der Waals surface area contributed by atoms with Gasteiger partial charge in [0.1, 0.15) is 5.75 Å². The summed E-state index contributed by atoms with van der Waals surface area (Å²) in [5.74, 6) is 0.129. The van der Waals surface area contributed by atoms with E-state index in [0.717, 1.165) is 0 Å². The van der Waals surface area contributed by atoms with Gasteiger partial charge in [0.05, 0.1) is 12.6 Å². The van der Waals surface area contributed by atoms with Crippen LogP contribution < -0.4 is 16.2 Å². The van der Waals surface area contributed by atoms with Gasteiger partial charge in [-0.2, -0.15) is 0 Å². The lowest BCUT2D eigenvalue weighted by Crippen LogP contribution is -2.37. The van der Waals surface area contributed by atoms with E-state index < -0.39 is 11.9 Å². The van der Waals surface area contributed by atoms with Crippen molar-refractivity contribution in [3.8, 4) is 5.75 Å². The molecule has 4 N–H and O–H groups in total. The Bertz CT molecular complexity index is 344. The zero-order valence-electron chi connectivity index (χ0n) is 8.15. The molecule has 0 radical (unpaired) electrons. The Balaban J connectivity index is 2.35. The Morgan fingerprint density at radius 2 is 2.27 bits per heavy atom. The maximum Gasteiger partial charge on any atom is 0.234 e. The number of ether oxygens (including phenoxy) is 1. The van der Waals surface area contributed by atoms with Crippen molar-refractivity contribution in [2.75, 3.05) is 6.61 Å². The molecule has 0 aliphatic rings. The second kappa shape index (κ2) is 5.58. The van der Waals surface area contributed by atoms with E-state index in [9.17, 15) is 4.79 Å². The van der Waals surface area contributed by atoms with Crippen LogP contribution in [-0.2, 0) is 4.79 Å². The Morgan fingerprint density at radius 1 is 1.53 bits per heavy atom. The Kier molecular flexibility index (Phi) is 4.39.